The molecule has 1 unspecified atom stereocenters. The molecule has 4 rings (SSSR count). The number of fused-ring (bicyclic) bond motifs is 2. The van der Waals surface area contributed by atoms with Crippen molar-refractivity contribution in [2.75, 3.05) is 26.3 Å². The van der Waals surface area contributed by atoms with E-state index in [1.165, 1.54) is 29.6 Å². The van der Waals surface area contributed by atoms with E-state index < -0.39 is 10.0 Å². The van der Waals surface area contributed by atoms with Gasteiger partial charge in [-0.2, -0.15) is 4.31 Å². The van der Waals surface area contributed by atoms with Crippen molar-refractivity contribution >= 4 is 15.9 Å². The number of nitrogens with zero attached hydrogens (tertiary/aromatic N) is 1. The van der Waals surface area contributed by atoms with Crippen LogP contribution in [0.4, 0.5) is 0 Å². The molecule has 2 bridgehead atoms. The first-order valence-electron chi connectivity index (χ1n) is 10.2. The van der Waals surface area contributed by atoms with Crippen molar-refractivity contribution in [1.29, 1.82) is 0 Å². The third-order valence-corrected chi connectivity index (χ3v) is 8.88. The van der Waals surface area contributed by atoms with Crippen LogP contribution >= 0.6 is 0 Å². The van der Waals surface area contributed by atoms with Crippen LogP contribution in [0.3, 0.4) is 0 Å². The van der Waals surface area contributed by atoms with Crippen molar-refractivity contribution in [2.24, 2.45) is 17.3 Å². The molecule has 2 aliphatic carbocycles. The molecular weight excluding hydrogens is 376 g/mol. The highest BCUT2D eigenvalue weighted by Gasteiger charge is 2.53. The highest BCUT2D eigenvalue weighted by atomic mass is 32.2. The number of hydrogen-bond donors (Lipinski definition) is 1. The van der Waals surface area contributed by atoms with Gasteiger partial charge in [-0.15, -0.1) is 0 Å². The number of carbonyl (C=O) groups excluding carboxylic acids is 1. The first-order chi connectivity index (χ1) is 13.2. The predicted molar refractivity (Wildman–Crippen MR) is 107 cm³/mol. The standard InChI is InChI=1S/C21H30N2O4S/c1-14-10-16(13-18(11-14)28(25,26)23-6-8-27-9-7-23)20(24)22-19-15-4-5-17(12-15)21(19,2)3/h10-11,13,15,17,19H,4-9,12H2,1-3H3,(H,22,24)/t15-,17+,19?/m0/s1. The number of hydrogen-bond acceptors (Lipinski definition) is 4. The van der Waals surface area contributed by atoms with Gasteiger partial charge in [-0.25, -0.2) is 8.42 Å². The van der Waals surface area contributed by atoms with Crippen LogP contribution in [-0.2, 0) is 14.8 Å². The lowest BCUT2D eigenvalue weighted by molar-refractivity contribution is 0.0730. The fourth-order valence-electron chi connectivity index (χ4n) is 5.35. The van der Waals surface area contributed by atoms with Crippen LogP contribution in [0.1, 0.15) is 49.0 Å². The summed E-state index contributed by atoms with van der Waals surface area (Å²) in [5.41, 5.74) is 1.28. The maximum absolute atomic E-state index is 13.0. The first kappa shape index (κ1) is 19.9. The minimum atomic E-state index is -3.63. The summed E-state index contributed by atoms with van der Waals surface area (Å²) in [6.45, 7) is 7.80. The summed E-state index contributed by atoms with van der Waals surface area (Å²) in [5.74, 6) is 1.02. The first-order valence-corrected chi connectivity index (χ1v) is 11.6. The Morgan fingerprint density at radius 2 is 1.89 bits per heavy atom. The van der Waals surface area contributed by atoms with E-state index in [2.05, 4.69) is 19.2 Å². The zero-order chi connectivity index (χ0) is 20.1. The maximum atomic E-state index is 13.0. The van der Waals surface area contributed by atoms with Gasteiger partial charge < -0.3 is 10.1 Å². The second-order valence-corrected chi connectivity index (χ2v) is 11.0. The summed E-state index contributed by atoms with van der Waals surface area (Å²) >= 11 is 0. The van der Waals surface area contributed by atoms with Gasteiger partial charge in [0, 0.05) is 24.7 Å². The van der Waals surface area contributed by atoms with Gasteiger partial charge in [0.25, 0.3) is 5.91 Å². The molecule has 2 saturated carbocycles. The molecule has 7 heteroatoms. The van der Waals surface area contributed by atoms with Crippen LogP contribution in [0.25, 0.3) is 0 Å². The molecule has 1 aromatic carbocycles. The van der Waals surface area contributed by atoms with Crippen molar-refractivity contribution in [3.05, 3.63) is 29.3 Å². The molecule has 0 aromatic heterocycles. The van der Waals surface area contributed by atoms with E-state index in [9.17, 15) is 13.2 Å². The van der Waals surface area contributed by atoms with Gasteiger partial charge in [-0.3, -0.25) is 4.79 Å². The zero-order valence-electron chi connectivity index (χ0n) is 16.9. The van der Waals surface area contributed by atoms with Crippen LogP contribution in [0.2, 0.25) is 0 Å². The quantitative estimate of drug-likeness (QED) is 0.834. The molecule has 1 amide bonds. The number of aryl methyl sites for hydroxylation is 1. The molecule has 1 aliphatic heterocycles. The van der Waals surface area contributed by atoms with E-state index in [4.69, 9.17) is 4.74 Å². The second kappa shape index (κ2) is 7.11. The van der Waals surface area contributed by atoms with E-state index in [0.717, 1.165) is 5.56 Å². The molecule has 3 atom stereocenters. The van der Waals surface area contributed by atoms with E-state index in [0.29, 0.717) is 43.7 Å². The SMILES string of the molecule is Cc1cc(C(=O)NC2[C@H]3CC[C@H](C3)C2(C)C)cc(S(=O)(=O)N2CCOCC2)c1. The Bertz CT molecular complexity index is 874. The van der Waals surface area contributed by atoms with Crippen molar-refractivity contribution in [2.45, 2.75) is 51.0 Å². The van der Waals surface area contributed by atoms with Crippen LogP contribution in [-0.4, -0.2) is 51.0 Å². The number of carbonyl (C=O) groups is 1. The van der Waals surface area contributed by atoms with E-state index >= 15 is 0 Å². The van der Waals surface area contributed by atoms with Crippen LogP contribution < -0.4 is 5.32 Å². The molecular formula is C21H30N2O4S. The second-order valence-electron chi connectivity index (χ2n) is 9.09. The molecule has 3 aliphatic rings. The largest absolute Gasteiger partial charge is 0.379 e. The third kappa shape index (κ3) is 3.37. The molecule has 28 heavy (non-hydrogen) atoms. The van der Waals surface area contributed by atoms with Crippen molar-refractivity contribution in [3.8, 4) is 0 Å². The van der Waals surface area contributed by atoms with Gasteiger partial charge in [0.2, 0.25) is 10.0 Å². The highest BCUT2D eigenvalue weighted by Crippen LogP contribution is 2.55. The number of benzene rings is 1. The fraction of sp³-hybridized carbons (Fsp3) is 0.667. The van der Waals surface area contributed by atoms with Gasteiger partial charge in [0.1, 0.15) is 0 Å². The number of nitrogens with one attached hydrogen (secondary N) is 1. The van der Waals surface area contributed by atoms with E-state index in [-0.39, 0.29) is 22.3 Å². The average Bonchev–Trinajstić information content (AvgIpc) is 3.23. The van der Waals surface area contributed by atoms with Crippen LogP contribution in [0.5, 0.6) is 0 Å². The summed E-state index contributed by atoms with van der Waals surface area (Å²) < 4.78 is 32.7. The van der Waals surface area contributed by atoms with E-state index in [1.807, 2.05) is 6.92 Å². The molecule has 0 radical (unpaired) electrons. The number of morpholine rings is 1. The van der Waals surface area contributed by atoms with Gasteiger partial charge in [0.15, 0.2) is 0 Å². The summed E-state index contributed by atoms with van der Waals surface area (Å²) in [6.07, 6.45) is 3.60. The maximum Gasteiger partial charge on any atom is 0.251 e. The number of amides is 1. The normalized spacial score (nSPS) is 29.8. The predicted octanol–water partition coefficient (Wildman–Crippen LogP) is 2.57. The highest BCUT2D eigenvalue weighted by molar-refractivity contribution is 7.89. The molecule has 3 fully saturated rings. The minimum Gasteiger partial charge on any atom is -0.379 e. The summed E-state index contributed by atoms with van der Waals surface area (Å²) in [5, 5.41) is 3.23. The van der Waals surface area contributed by atoms with Crippen molar-refractivity contribution in [1.82, 2.24) is 9.62 Å². The molecule has 1 heterocycles. The Kier molecular flexibility index (Phi) is 5.04. The number of sulfonamides is 1. The summed E-state index contributed by atoms with van der Waals surface area (Å²) in [7, 11) is -3.63. The van der Waals surface area contributed by atoms with Crippen molar-refractivity contribution < 1.29 is 17.9 Å². The Hall–Kier alpha value is -1.44. The lowest BCUT2D eigenvalue weighted by Crippen LogP contribution is -2.48. The monoisotopic (exact) mass is 406 g/mol. The molecule has 1 saturated heterocycles. The summed E-state index contributed by atoms with van der Waals surface area (Å²) in [4.78, 5) is 13.2. The topological polar surface area (TPSA) is 75.7 Å². The molecule has 154 valence electrons. The van der Waals surface area contributed by atoms with E-state index in [1.54, 1.807) is 12.1 Å². The van der Waals surface area contributed by atoms with Gasteiger partial charge in [0.05, 0.1) is 18.1 Å². The van der Waals surface area contributed by atoms with Crippen LogP contribution in [0.15, 0.2) is 23.1 Å². The number of rotatable bonds is 4. The molecule has 6 nitrogen and oxygen atoms in total. The van der Waals surface area contributed by atoms with Gasteiger partial charge in [-0.1, -0.05) is 13.8 Å². The van der Waals surface area contributed by atoms with Crippen LogP contribution in [0, 0.1) is 24.2 Å². The van der Waals surface area contributed by atoms with Gasteiger partial charge >= 0.3 is 0 Å². The minimum absolute atomic E-state index is 0.0884. The Morgan fingerprint density at radius 3 is 2.54 bits per heavy atom. The van der Waals surface area contributed by atoms with Gasteiger partial charge in [-0.05, 0) is 67.2 Å². The fourth-order valence-corrected chi connectivity index (χ4v) is 6.89. The Balaban J connectivity index is 1.58. The molecule has 1 N–H and O–H groups in total. The van der Waals surface area contributed by atoms with Crippen molar-refractivity contribution in [3.63, 3.8) is 0 Å². The summed E-state index contributed by atoms with van der Waals surface area (Å²) in [6, 6.07) is 5.09. The number of ether oxygens (including phenoxy) is 1. The lowest BCUT2D eigenvalue weighted by atomic mass is 9.73. The Labute approximate surface area is 167 Å². The lowest BCUT2D eigenvalue weighted by Gasteiger charge is -2.38. The average molecular weight is 407 g/mol. The molecule has 0 spiro atoms. The zero-order valence-corrected chi connectivity index (χ0v) is 17.7. The Morgan fingerprint density at radius 1 is 1.18 bits per heavy atom. The smallest absolute Gasteiger partial charge is 0.251 e. The third-order valence-electron chi connectivity index (χ3n) is 7.01. The molecule has 1 aromatic rings.